The Labute approximate surface area is 119 Å². The number of halogens is 3. The molecule has 0 saturated heterocycles. The Balaban J connectivity index is 2.31. The molecule has 0 atom stereocenters. The van der Waals surface area contributed by atoms with Crippen LogP contribution in [-0.4, -0.2) is 10.9 Å². The number of aryl methyl sites for hydroxylation is 1. The van der Waals surface area contributed by atoms with Crippen LogP contribution in [0.3, 0.4) is 0 Å². The van der Waals surface area contributed by atoms with E-state index < -0.39 is 11.7 Å². The summed E-state index contributed by atoms with van der Waals surface area (Å²) in [7, 11) is 0. The van der Waals surface area contributed by atoms with E-state index in [-0.39, 0.29) is 21.3 Å². The molecule has 0 unspecified atom stereocenters. The number of benzene rings is 1. The van der Waals surface area contributed by atoms with Gasteiger partial charge in [0.05, 0.1) is 21.3 Å². The maximum absolute atomic E-state index is 13.5. The lowest BCUT2D eigenvalue weighted by Gasteiger charge is -2.09. The van der Waals surface area contributed by atoms with Crippen LogP contribution in [0.1, 0.15) is 16.1 Å². The number of carbonyl (C=O) groups excluding carboxylic acids is 1. The van der Waals surface area contributed by atoms with Crippen LogP contribution < -0.4 is 5.32 Å². The highest BCUT2D eigenvalue weighted by Crippen LogP contribution is 2.26. The summed E-state index contributed by atoms with van der Waals surface area (Å²) >= 11 is 11.8. The quantitative estimate of drug-likeness (QED) is 0.907. The average molecular weight is 299 g/mol. The van der Waals surface area contributed by atoms with Gasteiger partial charge in [-0.15, -0.1) is 0 Å². The number of rotatable bonds is 2. The van der Waals surface area contributed by atoms with Gasteiger partial charge in [0, 0.05) is 11.9 Å². The lowest BCUT2D eigenvalue weighted by Crippen LogP contribution is -2.14. The highest BCUT2D eigenvalue weighted by atomic mass is 35.5. The summed E-state index contributed by atoms with van der Waals surface area (Å²) in [5.74, 6) is -1.18. The van der Waals surface area contributed by atoms with Gasteiger partial charge in [0.2, 0.25) is 0 Å². The molecule has 0 spiro atoms. The first-order valence-electron chi connectivity index (χ1n) is 5.36. The number of carbonyl (C=O) groups is 1. The van der Waals surface area contributed by atoms with Gasteiger partial charge in [0.1, 0.15) is 5.82 Å². The molecule has 3 nitrogen and oxygen atoms in total. The number of para-hydroxylation sites is 1. The third-order valence-electron chi connectivity index (χ3n) is 2.44. The van der Waals surface area contributed by atoms with Gasteiger partial charge in [-0.1, -0.05) is 29.3 Å². The lowest BCUT2D eigenvalue weighted by atomic mass is 10.2. The summed E-state index contributed by atoms with van der Waals surface area (Å²) in [6.07, 6.45) is 1.34. The van der Waals surface area contributed by atoms with E-state index in [9.17, 15) is 9.18 Å². The van der Waals surface area contributed by atoms with Crippen molar-refractivity contribution >= 4 is 34.8 Å². The van der Waals surface area contributed by atoms with Crippen LogP contribution in [0, 0.1) is 12.7 Å². The van der Waals surface area contributed by atoms with Crippen LogP contribution in [0.2, 0.25) is 10.0 Å². The van der Waals surface area contributed by atoms with Crippen LogP contribution in [0.15, 0.2) is 30.5 Å². The second-order valence-electron chi connectivity index (χ2n) is 3.86. The molecule has 1 aromatic heterocycles. The molecule has 0 aliphatic heterocycles. The molecule has 2 aromatic rings. The van der Waals surface area contributed by atoms with Crippen molar-refractivity contribution in [3.63, 3.8) is 0 Å². The second kappa shape index (κ2) is 5.55. The van der Waals surface area contributed by atoms with E-state index in [2.05, 4.69) is 10.3 Å². The SMILES string of the molecule is Cc1cc(Cl)c(C(=O)Nc2c(F)cccc2Cl)cn1. The standard InChI is InChI=1S/C13H9Cl2FN2O/c1-7-5-10(15)8(6-17-7)13(19)18-12-9(14)3-2-4-11(12)16/h2-6H,1H3,(H,18,19). The molecule has 1 N–H and O–H groups in total. The molecule has 0 saturated carbocycles. The minimum absolute atomic E-state index is 0.0780. The molecule has 1 heterocycles. The zero-order valence-corrected chi connectivity index (χ0v) is 11.4. The Morgan fingerprint density at radius 3 is 2.68 bits per heavy atom. The van der Waals surface area contributed by atoms with Crippen LogP contribution in [0.25, 0.3) is 0 Å². The minimum Gasteiger partial charge on any atom is -0.318 e. The van der Waals surface area contributed by atoms with Gasteiger partial charge >= 0.3 is 0 Å². The van der Waals surface area contributed by atoms with E-state index in [4.69, 9.17) is 23.2 Å². The Bertz CT molecular complexity index is 626. The summed E-state index contributed by atoms with van der Waals surface area (Å²) in [6, 6.07) is 5.69. The number of nitrogens with one attached hydrogen (secondary N) is 1. The van der Waals surface area contributed by atoms with Crippen molar-refractivity contribution in [2.45, 2.75) is 6.92 Å². The molecular formula is C13H9Cl2FN2O. The molecular weight excluding hydrogens is 290 g/mol. The Morgan fingerprint density at radius 2 is 2.05 bits per heavy atom. The average Bonchev–Trinajstić information content (AvgIpc) is 2.33. The van der Waals surface area contributed by atoms with Crippen molar-refractivity contribution in [2.24, 2.45) is 0 Å². The van der Waals surface area contributed by atoms with Gasteiger partial charge in [0.15, 0.2) is 0 Å². The largest absolute Gasteiger partial charge is 0.318 e. The highest BCUT2D eigenvalue weighted by Gasteiger charge is 2.15. The third kappa shape index (κ3) is 3.03. The summed E-state index contributed by atoms with van der Waals surface area (Å²) in [5.41, 5.74) is 0.767. The first-order chi connectivity index (χ1) is 8.99. The monoisotopic (exact) mass is 298 g/mol. The number of amides is 1. The minimum atomic E-state index is -0.614. The Hall–Kier alpha value is -1.65. The number of aromatic nitrogens is 1. The zero-order chi connectivity index (χ0) is 14.0. The van der Waals surface area contributed by atoms with Crippen molar-refractivity contribution in [3.8, 4) is 0 Å². The molecule has 1 amide bonds. The van der Waals surface area contributed by atoms with Crippen molar-refractivity contribution in [1.29, 1.82) is 0 Å². The Morgan fingerprint density at radius 1 is 1.32 bits per heavy atom. The maximum Gasteiger partial charge on any atom is 0.258 e. The molecule has 0 radical (unpaired) electrons. The van der Waals surface area contributed by atoms with E-state index in [0.29, 0.717) is 5.69 Å². The summed E-state index contributed by atoms with van der Waals surface area (Å²) in [4.78, 5) is 16.0. The van der Waals surface area contributed by atoms with Crippen LogP contribution in [0.5, 0.6) is 0 Å². The molecule has 0 aliphatic rings. The summed E-state index contributed by atoms with van der Waals surface area (Å²) in [6.45, 7) is 1.75. The van der Waals surface area contributed by atoms with Crippen molar-refractivity contribution in [2.75, 3.05) is 5.32 Å². The summed E-state index contributed by atoms with van der Waals surface area (Å²) < 4.78 is 13.5. The fourth-order valence-corrected chi connectivity index (χ4v) is 1.99. The van der Waals surface area contributed by atoms with Gasteiger partial charge in [-0.05, 0) is 25.1 Å². The Kier molecular flexibility index (Phi) is 4.02. The predicted molar refractivity (Wildman–Crippen MR) is 73.3 cm³/mol. The van der Waals surface area contributed by atoms with E-state index in [1.807, 2.05) is 0 Å². The summed E-state index contributed by atoms with van der Waals surface area (Å²) in [5, 5.41) is 2.75. The fourth-order valence-electron chi connectivity index (χ4n) is 1.49. The molecule has 0 aliphatic carbocycles. The van der Waals surface area contributed by atoms with E-state index in [1.54, 1.807) is 13.0 Å². The highest BCUT2D eigenvalue weighted by molar-refractivity contribution is 6.35. The number of hydrogen-bond donors (Lipinski definition) is 1. The van der Waals surface area contributed by atoms with Crippen LogP contribution in [0.4, 0.5) is 10.1 Å². The number of nitrogens with zero attached hydrogens (tertiary/aromatic N) is 1. The maximum atomic E-state index is 13.5. The topological polar surface area (TPSA) is 42.0 Å². The number of anilines is 1. The van der Waals surface area contributed by atoms with Crippen molar-refractivity contribution < 1.29 is 9.18 Å². The van der Waals surface area contributed by atoms with Gasteiger partial charge in [0.25, 0.3) is 5.91 Å². The molecule has 1 aromatic carbocycles. The van der Waals surface area contributed by atoms with E-state index >= 15 is 0 Å². The normalized spacial score (nSPS) is 10.3. The molecule has 0 bridgehead atoms. The van der Waals surface area contributed by atoms with Crippen molar-refractivity contribution in [3.05, 3.63) is 57.6 Å². The van der Waals surface area contributed by atoms with Gasteiger partial charge in [-0.3, -0.25) is 9.78 Å². The molecule has 0 fully saturated rings. The third-order valence-corrected chi connectivity index (χ3v) is 3.06. The lowest BCUT2D eigenvalue weighted by molar-refractivity contribution is 0.102. The number of pyridine rings is 1. The van der Waals surface area contributed by atoms with Crippen LogP contribution in [-0.2, 0) is 0 Å². The van der Waals surface area contributed by atoms with Crippen LogP contribution >= 0.6 is 23.2 Å². The van der Waals surface area contributed by atoms with Gasteiger partial charge in [-0.2, -0.15) is 0 Å². The van der Waals surface area contributed by atoms with Gasteiger partial charge in [-0.25, -0.2) is 4.39 Å². The second-order valence-corrected chi connectivity index (χ2v) is 4.67. The smallest absolute Gasteiger partial charge is 0.258 e. The fraction of sp³-hybridized carbons (Fsp3) is 0.0769. The van der Waals surface area contributed by atoms with Gasteiger partial charge < -0.3 is 5.32 Å². The first kappa shape index (κ1) is 13.8. The molecule has 2 rings (SSSR count). The molecule has 19 heavy (non-hydrogen) atoms. The van der Waals surface area contributed by atoms with Crippen molar-refractivity contribution in [1.82, 2.24) is 4.98 Å². The zero-order valence-electron chi connectivity index (χ0n) is 9.88. The molecule has 98 valence electrons. The molecule has 6 heteroatoms. The number of hydrogen-bond acceptors (Lipinski definition) is 2. The predicted octanol–water partition coefficient (Wildman–Crippen LogP) is 4.09. The first-order valence-corrected chi connectivity index (χ1v) is 6.12. The van der Waals surface area contributed by atoms with E-state index in [0.717, 1.165) is 0 Å². The van der Waals surface area contributed by atoms with E-state index in [1.165, 1.54) is 24.4 Å².